The molecule has 122 valence electrons. The van der Waals surface area contributed by atoms with Gasteiger partial charge in [-0.15, -0.1) is 0 Å². The third kappa shape index (κ3) is 4.98. The fraction of sp³-hybridized carbons (Fsp3) is 0.588. The molecule has 3 N–H and O–H groups in total. The molecule has 1 aliphatic rings. The van der Waals surface area contributed by atoms with E-state index in [0.717, 1.165) is 18.1 Å². The molecule has 0 radical (unpaired) electrons. The quantitative estimate of drug-likeness (QED) is 0.579. The second kappa shape index (κ2) is 8.73. The summed E-state index contributed by atoms with van der Waals surface area (Å²) in [5, 5.41) is 15.9. The minimum atomic E-state index is -0.373. The van der Waals surface area contributed by atoms with E-state index < -0.39 is 0 Å². The van der Waals surface area contributed by atoms with Gasteiger partial charge in [0.05, 0.1) is 13.2 Å². The lowest BCUT2D eigenvalue weighted by Gasteiger charge is -2.24. The topological polar surface area (TPSA) is 56.7 Å². The van der Waals surface area contributed by atoms with Gasteiger partial charge in [0.25, 0.3) is 0 Å². The van der Waals surface area contributed by atoms with Crippen molar-refractivity contribution in [3.63, 3.8) is 0 Å². The minimum Gasteiger partial charge on any atom is -0.392 e. The van der Waals surface area contributed by atoms with Crippen molar-refractivity contribution in [1.29, 1.82) is 0 Å². The van der Waals surface area contributed by atoms with Gasteiger partial charge in [-0.2, -0.15) is 0 Å². The highest BCUT2D eigenvalue weighted by Gasteiger charge is 2.14. The Morgan fingerprint density at radius 1 is 1.32 bits per heavy atom. The van der Waals surface area contributed by atoms with Crippen LogP contribution >= 0.6 is 0 Å². The number of aliphatic hydroxyl groups excluding tert-OH is 1. The first-order chi connectivity index (χ1) is 10.7. The van der Waals surface area contributed by atoms with E-state index in [1.165, 1.54) is 38.2 Å². The van der Waals surface area contributed by atoms with Crippen LogP contribution in [0.5, 0.6) is 0 Å². The van der Waals surface area contributed by atoms with Gasteiger partial charge in [-0.3, -0.25) is 0 Å². The zero-order valence-corrected chi connectivity index (χ0v) is 13.2. The molecular weight excluding hydrogens is 281 g/mol. The van der Waals surface area contributed by atoms with Crippen LogP contribution < -0.4 is 10.6 Å². The molecule has 22 heavy (non-hydrogen) atoms. The Hall–Kier alpha value is -1.62. The molecule has 1 aromatic carbocycles. The highest BCUT2D eigenvalue weighted by atomic mass is 19.1. The van der Waals surface area contributed by atoms with Crippen LogP contribution in [0.2, 0.25) is 0 Å². The van der Waals surface area contributed by atoms with Gasteiger partial charge in [-0.05, 0) is 37.5 Å². The first-order valence-electron chi connectivity index (χ1n) is 8.16. The SMILES string of the molecule is CCNC(=NCc1ccc(F)c(CO)c1)NC1CCCCC1. The molecule has 0 amide bonds. The largest absolute Gasteiger partial charge is 0.392 e. The van der Waals surface area contributed by atoms with E-state index in [2.05, 4.69) is 15.6 Å². The monoisotopic (exact) mass is 307 g/mol. The molecule has 4 nitrogen and oxygen atoms in total. The number of nitrogens with zero attached hydrogens (tertiary/aromatic N) is 1. The van der Waals surface area contributed by atoms with Crippen molar-refractivity contribution in [2.45, 2.75) is 58.2 Å². The van der Waals surface area contributed by atoms with Crippen LogP contribution in [0.15, 0.2) is 23.2 Å². The van der Waals surface area contributed by atoms with Crippen LogP contribution in [-0.2, 0) is 13.2 Å². The van der Waals surface area contributed by atoms with Gasteiger partial charge in [-0.1, -0.05) is 25.3 Å². The van der Waals surface area contributed by atoms with Crippen LogP contribution in [0.1, 0.15) is 50.2 Å². The average molecular weight is 307 g/mol. The molecule has 0 saturated heterocycles. The van der Waals surface area contributed by atoms with Crippen LogP contribution in [0.4, 0.5) is 4.39 Å². The van der Waals surface area contributed by atoms with E-state index in [-0.39, 0.29) is 12.4 Å². The molecule has 1 fully saturated rings. The normalized spacial score (nSPS) is 16.6. The maximum Gasteiger partial charge on any atom is 0.191 e. The number of aliphatic imine (C=N–C) groups is 1. The predicted molar refractivity (Wildman–Crippen MR) is 87.1 cm³/mol. The van der Waals surface area contributed by atoms with Crippen molar-refractivity contribution < 1.29 is 9.50 Å². The summed E-state index contributed by atoms with van der Waals surface area (Å²) in [6, 6.07) is 5.26. The molecule has 0 aliphatic heterocycles. The smallest absolute Gasteiger partial charge is 0.191 e. The fourth-order valence-corrected chi connectivity index (χ4v) is 2.78. The van der Waals surface area contributed by atoms with Gasteiger partial charge >= 0.3 is 0 Å². The molecule has 1 saturated carbocycles. The molecule has 0 atom stereocenters. The molecule has 0 aromatic heterocycles. The molecule has 0 unspecified atom stereocenters. The minimum absolute atomic E-state index is 0.288. The number of aliphatic hydroxyl groups is 1. The van der Waals surface area contributed by atoms with Crippen molar-refractivity contribution in [2.24, 2.45) is 4.99 Å². The van der Waals surface area contributed by atoms with E-state index in [1.54, 1.807) is 12.1 Å². The summed E-state index contributed by atoms with van der Waals surface area (Å²) in [7, 11) is 0. The molecule has 0 heterocycles. The number of halogens is 1. The van der Waals surface area contributed by atoms with Crippen molar-refractivity contribution >= 4 is 5.96 Å². The highest BCUT2D eigenvalue weighted by molar-refractivity contribution is 5.80. The Morgan fingerprint density at radius 2 is 2.09 bits per heavy atom. The van der Waals surface area contributed by atoms with Crippen LogP contribution in [0, 0.1) is 5.82 Å². The summed E-state index contributed by atoms with van der Waals surface area (Å²) in [6.07, 6.45) is 6.25. The lowest BCUT2D eigenvalue weighted by molar-refractivity contribution is 0.275. The highest BCUT2D eigenvalue weighted by Crippen LogP contribution is 2.17. The fourth-order valence-electron chi connectivity index (χ4n) is 2.78. The summed E-state index contributed by atoms with van der Waals surface area (Å²) < 4.78 is 13.4. The Bertz CT molecular complexity index is 499. The lowest BCUT2D eigenvalue weighted by Crippen LogP contribution is -2.44. The average Bonchev–Trinajstić information content (AvgIpc) is 2.55. The first-order valence-corrected chi connectivity index (χ1v) is 8.16. The van der Waals surface area contributed by atoms with E-state index in [4.69, 9.17) is 5.11 Å². The zero-order chi connectivity index (χ0) is 15.8. The summed E-state index contributed by atoms with van der Waals surface area (Å²) in [5.41, 5.74) is 1.21. The Morgan fingerprint density at radius 3 is 2.77 bits per heavy atom. The molecule has 0 bridgehead atoms. The van der Waals surface area contributed by atoms with Crippen LogP contribution in [0.3, 0.4) is 0 Å². The molecule has 1 aromatic rings. The predicted octanol–water partition coefficient (Wildman–Crippen LogP) is 2.71. The summed E-state index contributed by atoms with van der Waals surface area (Å²) in [6.45, 7) is 3.03. The number of guanidine groups is 1. The summed E-state index contributed by atoms with van der Waals surface area (Å²) in [5.74, 6) is 0.437. The van der Waals surface area contributed by atoms with E-state index in [9.17, 15) is 4.39 Å². The first kappa shape index (κ1) is 16.7. The summed E-state index contributed by atoms with van der Waals surface area (Å²) >= 11 is 0. The van der Waals surface area contributed by atoms with Crippen molar-refractivity contribution in [2.75, 3.05) is 6.54 Å². The van der Waals surface area contributed by atoms with Gasteiger partial charge in [0.1, 0.15) is 5.82 Å². The number of nitrogens with one attached hydrogen (secondary N) is 2. The Labute approximate surface area is 131 Å². The number of rotatable bonds is 5. The number of benzene rings is 1. The van der Waals surface area contributed by atoms with Crippen LogP contribution in [0.25, 0.3) is 0 Å². The van der Waals surface area contributed by atoms with Gasteiger partial charge in [0.15, 0.2) is 5.96 Å². The van der Waals surface area contributed by atoms with Crippen LogP contribution in [-0.4, -0.2) is 23.7 Å². The summed E-state index contributed by atoms with van der Waals surface area (Å²) in [4.78, 5) is 4.57. The number of hydrogen-bond donors (Lipinski definition) is 3. The standard InChI is InChI=1S/C17H26FN3O/c1-2-19-17(21-15-6-4-3-5-7-15)20-11-13-8-9-16(18)14(10-13)12-22/h8-10,15,22H,2-7,11-12H2,1H3,(H2,19,20,21). The maximum atomic E-state index is 13.4. The van der Waals surface area contributed by atoms with Crippen molar-refractivity contribution in [3.8, 4) is 0 Å². The molecule has 1 aliphatic carbocycles. The second-order valence-electron chi connectivity index (χ2n) is 5.76. The molecular formula is C17H26FN3O. The van der Waals surface area contributed by atoms with Crippen molar-refractivity contribution in [1.82, 2.24) is 10.6 Å². The molecule has 2 rings (SSSR count). The van der Waals surface area contributed by atoms with E-state index >= 15 is 0 Å². The maximum absolute atomic E-state index is 13.4. The number of hydrogen-bond acceptors (Lipinski definition) is 2. The zero-order valence-electron chi connectivity index (χ0n) is 13.2. The van der Waals surface area contributed by atoms with Gasteiger partial charge in [-0.25, -0.2) is 9.38 Å². The lowest BCUT2D eigenvalue weighted by atomic mass is 9.96. The van der Waals surface area contributed by atoms with E-state index in [0.29, 0.717) is 18.2 Å². The van der Waals surface area contributed by atoms with Gasteiger partial charge in [0, 0.05) is 18.2 Å². The van der Waals surface area contributed by atoms with Gasteiger partial charge < -0.3 is 15.7 Å². The Balaban J connectivity index is 1.99. The third-order valence-electron chi connectivity index (χ3n) is 3.99. The molecule has 0 spiro atoms. The molecule has 5 heteroatoms. The third-order valence-corrected chi connectivity index (χ3v) is 3.99. The van der Waals surface area contributed by atoms with Crippen molar-refractivity contribution in [3.05, 3.63) is 35.1 Å². The van der Waals surface area contributed by atoms with Gasteiger partial charge in [0.2, 0.25) is 0 Å². The Kier molecular flexibility index (Phi) is 6.65. The van der Waals surface area contributed by atoms with E-state index in [1.807, 2.05) is 6.92 Å². The second-order valence-corrected chi connectivity index (χ2v) is 5.76.